The summed E-state index contributed by atoms with van der Waals surface area (Å²) >= 11 is 7.63. The summed E-state index contributed by atoms with van der Waals surface area (Å²) in [5, 5.41) is 1.90. The Morgan fingerprint density at radius 1 is 1.28 bits per heavy atom. The van der Waals surface area contributed by atoms with Crippen molar-refractivity contribution < 1.29 is 9.47 Å². The predicted octanol–water partition coefficient (Wildman–Crippen LogP) is 3.99. The van der Waals surface area contributed by atoms with E-state index in [2.05, 4.69) is 4.98 Å². The molecule has 25 heavy (non-hydrogen) atoms. The third-order valence-corrected chi connectivity index (χ3v) is 4.88. The van der Waals surface area contributed by atoms with E-state index in [9.17, 15) is 4.79 Å². The number of hydrogen-bond acceptors (Lipinski definition) is 5. The molecule has 0 spiro atoms. The standard InChI is InChI=1S/C18H25ClN2O3S/c1-13(2)24-10-4-8-21-17(22)15-7-6-14(19)12-16(15)20-18(21)25-11-5-9-23-3/h6-7,12-13H,4-5,8-11H2,1-3H3. The van der Waals surface area contributed by atoms with Crippen LogP contribution in [0, 0.1) is 0 Å². The van der Waals surface area contributed by atoms with Gasteiger partial charge in [0, 0.05) is 37.6 Å². The number of nitrogens with zero attached hydrogens (tertiary/aromatic N) is 2. The van der Waals surface area contributed by atoms with Gasteiger partial charge in [0.2, 0.25) is 0 Å². The number of benzene rings is 1. The van der Waals surface area contributed by atoms with Crippen LogP contribution >= 0.6 is 23.4 Å². The third kappa shape index (κ3) is 5.99. The van der Waals surface area contributed by atoms with E-state index in [1.807, 2.05) is 13.8 Å². The van der Waals surface area contributed by atoms with Gasteiger partial charge in [-0.05, 0) is 44.9 Å². The molecule has 0 aliphatic rings. The van der Waals surface area contributed by atoms with Crippen LogP contribution in [-0.2, 0) is 16.0 Å². The minimum atomic E-state index is -0.0274. The number of halogens is 1. The molecule has 138 valence electrons. The van der Waals surface area contributed by atoms with E-state index in [1.165, 1.54) is 0 Å². The van der Waals surface area contributed by atoms with Crippen LogP contribution in [0.2, 0.25) is 5.02 Å². The highest BCUT2D eigenvalue weighted by Crippen LogP contribution is 2.21. The second kappa shape index (κ2) is 10.2. The Kier molecular flexibility index (Phi) is 8.22. The molecule has 0 N–H and O–H groups in total. The summed E-state index contributed by atoms with van der Waals surface area (Å²) in [5.41, 5.74) is 0.613. The topological polar surface area (TPSA) is 53.3 Å². The molecule has 7 heteroatoms. The molecule has 1 aromatic carbocycles. The maximum atomic E-state index is 12.9. The van der Waals surface area contributed by atoms with E-state index in [0.717, 1.165) is 23.8 Å². The summed E-state index contributed by atoms with van der Waals surface area (Å²) in [7, 11) is 1.69. The summed E-state index contributed by atoms with van der Waals surface area (Å²) < 4.78 is 12.4. The van der Waals surface area contributed by atoms with Gasteiger partial charge in [-0.3, -0.25) is 9.36 Å². The zero-order valence-corrected chi connectivity index (χ0v) is 16.5. The number of aromatic nitrogens is 2. The molecule has 0 unspecified atom stereocenters. The van der Waals surface area contributed by atoms with E-state index in [-0.39, 0.29) is 11.7 Å². The van der Waals surface area contributed by atoms with Gasteiger partial charge in [-0.15, -0.1) is 0 Å². The fourth-order valence-corrected chi connectivity index (χ4v) is 3.49. The minimum Gasteiger partial charge on any atom is -0.385 e. The third-order valence-electron chi connectivity index (χ3n) is 3.58. The molecule has 0 amide bonds. The zero-order chi connectivity index (χ0) is 18.2. The number of fused-ring (bicyclic) bond motifs is 1. The van der Waals surface area contributed by atoms with Crippen LogP contribution in [0.3, 0.4) is 0 Å². The Hall–Kier alpha value is -1.08. The molecular formula is C18H25ClN2O3S. The van der Waals surface area contributed by atoms with E-state index >= 15 is 0 Å². The van der Waals surface area contributed by atoms with Crippen LogP contribution in [0.15, 0.2) is 28.2 Å². The van der Waals surface area contributed by atoms with Gasteiger partial charge in [0.1, 0.15) is 0 Å². The average Bonchev–Trinajstić information content (AvgIpc) is 2.57. The van der Waals surface area contributed by atoms with E-state index in [1.54, 1.807) is 41.6 Å². The van der Waals surface area contributed by atoms with Gasteiger partial charge in [-0.2, -0.15) is 0 Å². The first kappa shape index (κ1) is 20.2. The van der Waals surface area contributed by atoms with Gasteiger partial charge in [0.05, 0.1) is 17.0 Å². The molecule has 0 atom stereocenters. The molecule has 5 nitrogen and oxygen atoms in total. The molecule has 1 heterocycles. The van der Waals surface area contributed by atoms with Crippen molar-refractivity contribution in [2.24, 2.45) is 0 Å². The lowest BCUT2D eigenvalue weighted by Gasteiger charge is -2.14. The van der Waals surface area contributed by atoms with Gasteiger partial charge < -0.3 is 9.47 Å². The van der Waals surface area contributed by atoms with Crippen molar-refractivity contribution in [1.29, 1.82) is 0 Å². The number of thioether (sulfide) groups is 1. The smallest absolute Gasteiger partial charge is 0.262 e. The zero-order valence-electron chi connectivity index (χ0n) is 15.0. The van der Waals surface area contributed by atoms with Crippen LogP contribution in [0.5, 0.6) is 0 Å². The van der Waals surface area contributed by atoms with Gasteiger partial charge in [-0.1, -0.05) is 23.4 Å². The second-order valence-electron chi connectivity index (χ2n) is 5.98. The summed E-state index contributed by atoms with van der Waals surface area (Å²) in [6.45, 7) is 5.91. The van der Waals surface area contributed by atoms with Crippen molar-refractivity contribution in [2.75, 3.05) is 26.1 Å². The van der Waals surface area contributed by atoms with Crippen LogP contribution in [0.25, 0.3) is 10.9 Å². The molecule has 1 aromatic heterocycles. The van der Waals surface area contributed by atoms with Gasteiger partial charge in [0.15, 0.2) is 5.16 Å². The Morgan fingerprint density at radius 3 is 2.80 bits per heavy atom. The first-order valence-electron chi connectivity index (χ1n) is 8.46. The lowest BCUT2D eigenvalue weighted by molar-refractivity contribution is 0.0743. The molecule has 0 saturated carbocycles. The maximum Gasteiger partial charge on any atom is 0.262 e. The molecule has 0 aliphatic heterocycles. The van der Waals surface area contributed by atoms with Crippen LogP contribution < -0.4 is 5.56 Å². The number of hydrogen-bond donors (Lipinski definition) is 0. The highest BCUT2D eigenvalue weighted by molar-refractivity contribution is 7.99. The predicted molar refractivity (Wildman–Crippen MR) is 104 cm³/mol. The monoisotopic (exact) mass is 384 g/mol. The first-order valence-corrected chi connectivity index (χ1v) is 9.82. The highest BCUT2D eigenvalue weighted by Gasteiger charge is 2.12. The maximum absolute atomic E-state index is 12.9. The summed E-state index contributed by atoms with van der Waals surface area (Å²) in [5.74, 6) is 0.842. The molecule has 0 radical (unpaired) electrons. The van der Waals surface area contributed by atoms with Crippen molar-refractivity contribution in [3.8, 4) is 0 Å². The largest absolute Gasteiger partial charge is 0.385 e. The average molecular weight is 385 g/mol. The van der Waals surface area contributed by atoms with Gasteiger partial charge in [0.25, 0.3) is 5.56 Å². The van der Waals surface area contributed by atoms with E-state index in [0.29, 0.717) is 35.7 Å². The Bertz CT molecular complexity index is 749. The highest BCUT2D eigenvalue weighted by atomic mass is 35.5. The molecule has 0 fully saturated rings. The van der Waals surface area contributed by atoms with Crippen LogP contribution in [0.1, 0.15) is 26.7 Å². The number of rotatable bonds is 10. The van der Waals surface area contributed by atoms with E-state index in [4.69, 9.17) is 21.1 Å². The number of ether oxygens (including phenoxy) is 2. The lowest BCUT2D eigenvalue weighted by atomic mass is 10.2. The van der Waals surface area contributed by atoms with Crippen LogP contribution in [-0.4, -0.2) is 41.7 Å². The van der Waals surface area contributed by atoms with E-state index < -0.39 is 0 Å². The van der Waals surface area contributed by atoms with Crippen molar-refractivity contribution >= 4 is 34.3 Å². The molecule has 2 aromatic rings. The Balaban J connectivity index is 2.25. The Morgan fingerprint density at radius 2 is 2.08 bits per heavy atom. The first-order chi connectivity index (χ1) is 12.0. The fraction of sp³-hybridized carbons (Fsp3) is 0.556. The minimum absolute atomic E-state index is 0.0274. The van der Waals surface area contributed by atoms with Gasteiger partial charge >= 0.3 is 0 Å². The normalized spacial score (nSPS) is 11.6. The van der Waals surface area contributed by atoms with Crippen LogP contribution in [0.4, 0.5) is 0 Å². The van der Waals surface area contributed by atoms with Crippen molar-refractivity contribution in [3.05, 3.63) is 33.6 Å². The Labute approximate surface area is 157 Å². The SMILES string of the molecule is COCCCSc1nc2cc(Cl)ccc2c(=O)n1CCCOC(C)C. The lowest BCUT2D eigenvalue weighted by Crippen LogP contribution is -2.24. The summed E-state index contributed by atoms with van der Waals surface area (Å²) in [6, 6.07) is 5.21. The van der Waals surface area contributed by atoms with Crippen molar-refractivity contribution in [3.63, 3.8) is 0 Å². The van der Waals surface area contributed by atoms with Crippen molar-refractivity contribution in [2.45, 2.75) is 44.5 Å². The van der Waals surface area contributed by atoms with Gasteiger partial charge in [-0.25, -0.2) is 4.98 Å². The van der Waals surface area contributed by atoms with Crippen molar-refractivity contribution in [1.82, 2.24) is 9.55 Å². The molecular weight excluding hydrogens is 360 g/mol. The summed E-state index contributed by atoms with van der Waals surface area (Å²) in [6.07, 6.45) is 1.86. The molecule has 0 aliphatic carbocycles. The quantitative estimate of drug-likeness (QED) is 0.352. The molecule has 0 bridgehead atoms. The molecule has 0 saturated heterocycles. The summed E-state index contributed by atoms with van der Waals surface area (Å²) in [4.78, 5) is 17.5. The fourth-order valence-electron chi connectivity index (χ4n) is 2.39. The second-order valence-corrected chi connectivity index (χ2v) is 7.48. The number of methoxy groups -OCH3 is 1. The molecule has 2 rings (SSSR count).